The molecule has 0 aromatic heterocycles. The molecule has 0 aliphatic heterocycles. The van der Waals surface area contributed by atoms with Crippen molar-refractivity contribution in [2.45, 2.75) is 50.7 Å². The number of hydrogen-bond acceptors (Lipinski definition) is 1. The fourth-order valence-electron chi connectivity index (χ4n) is 2.17. The van der Waals surface area contributed by atoms with Gasteiger partial charge in [-0.3, -0.25) is 0 Å². The van der Waals surface area contributed by atoms with E-state index in [1.165, 1.54) is 13.5 Å². The first-order chi connectivity index (χ1) is 6.54. The molecule has 0 spiro atoms. The number of nitrogens with one attached hydrogen (secondary N) is 1. The Bertz CT molecular complexity index is 161. The molecule has 1 N–H and O–H groups in total. The van der Waals surface area contributed by atoms with Gasteiger partial charge in [0.25, 0.3) is 0 Å². The van der Waals surface area contributed by atoms with Crippen LogP contribution in [0.2, 0.25) is 0 Å². The molecule has 0 bridgehead atoms. The first kappa shape index (κ1) is 11.8. The van der Waals surface area contributed by atoms with Crippen LogP contribution >= 0.6 is 0 Å². The molecule has 1 fully saturated rings. The summed E-state index contributed by atoms with van der Waals surface area (Å²) in [5, 5.41) is 2.36. The molecule has 1 saturated carbocycles. The summed E-state index contributed by atoms with van der Waals surface area (Å²) in [4.78, 5) is 0. The largest absolute Gasteiger partial charge is 0.403 e. The van der Waals surface area contributed by atoms with Gasteiger partial charge in [-0.1, -0.05) is 32.1 Å². The Morgan fingerprint density at radius 2 is 1.79 bits per heavy atom. The number of rotatable bonds is 3. The highest BCUT2D eigenvalue weighted by Gasteiger charge is 2.39. The SMILES string of the molecule is CN[C@@H](CC1CCCCC1)C(F)(F)F. The highest BCUT2D eigenvalue weighted by molar-refractivity contribution is 4.78. The van der Waals surface area contributed by atoms with Crippen LogP contribution < -0.4 is 5.32 Å². The molecule has 1 rings (SSSR count). The third-order valence-corrected chi connectivity index (χ3v) is 3.04. The van der Waals surface area contributed by atoms with Crippen molar-refractivity contribution in [1.82, 2.24) is 5.32 Å². The summed E-state index contributed by atoms with van der Waals surface area (Å²) < 4.78 is 37.2. The predicted octanol–water partition coefficient (Wildman–Crippen LogP) is 3.11. The van der Waals surface area contributed by atoms with Crippen LogP contribution in [0.4, 0.5) is 13.2 Å². The topological polar surface area (TPSA) is 12.0 Å². The van der Waals surface area contributed by atoms with Crippen LogP contribution in [0.15, 0.2) is 0 Å². The Morgan fingerprint density at radius 1 is 1.21 bits per heavy atom. The van der Waals surface area contributed by atoms with E-state index in [0.29, 0.717) is 0 Å². The zero-order valence-electron chi connectivity index (χ0n) is 8.53. The zero-order chi connectivity index (χ0) is 10.6. The van der Waals surface area contributed by atoms with Gasteiger partial charge in [0.2, 0.25) is 0 Å². The molecule has 0 radical (unpaired) electrons. The van der Waals surface area contributed by atoms with E-state index in [9.17, 15) is 13.2 Å². The third-order valence-electron chi connectivity index (χ3n) is 3.04. The van der Waals surface area contributed by atoms with Crippen molar-refractivity contribution in [3.63, 3.8) is 0 Å². The molecular formula is C10H18F3N. The minimum Gasteiger partial charge on any atom is -0.309 e. The second-order valence-corrected chi connectivity index (χ2v) is 4.12. The molecule has 1 atom stereocenters. The second kappa shape index (κ2) is 5.01. The van der Waals surface area contributed by atoms with Crippen LogP contribution in [0.25, 0.3) is 0 Å². The molecule has 0 unspecified atom stereocenters. The van der Waals surface area contributed by atoms with Crippen molar-refractivity contribution >= 4 is 0 Å². The van der Waals surface area contributed by atoms with Gasteiger partial charge in [0, 0.05) is 0 Å². The summed E-state index contributed by atoms with van der Waals surface area (Å²) in [5.41, 5.74) is 0. The number of halogens is 3. The van der Waals surface area contributed by atoms with E-state index in [1.54, 1.807) is 0 Å². The lowest BCUT2D eigenvalue weighted by Gasteiger charge is -2.27. The predicted molar refractivity (Wildman–Crippen MR) is 50.1 cm³/mol. The van der Waals surface area contributed by atoms with Gasteiger partial charge in [-0.2, -0.15) is 13.2 Å². The average molecular weight is 209 g/mol. The van der Waals surface area contributed by atoms with Gasteiger partial charge in [-0.15, -0.1) is 0 Å². The third kappa shape index (κ3) is 3.48. The van der Waals surface area contributed by atoms with Gasteiger partial charge in [-0.05, 0) is 19.4 Å². The first-order valence-electron chi connectivity index (χ1n) is 5.28. The summed E-state index contributed by atoms with van der Waals surface area (Å²) >= 11 is 0. The number of hydrogen-bond donors (Lipinski definition) is 1. The normalized spacial score (nSPS) is 22.3. The van der Waals surface area contributed by atoms with E-state index in [4.69, 9.17) is 0 Å². The van der Waals surface area contributed by atoms with Crippen molar-refractivity contribution in [3.8, 4) is 0 Å². The van der Waals surface area contributed by atoms with E-state index in [-0.39, 0.29) is 12.3 Å². The van der Waals surface area contributed by atoms with Crippen LogP contribution in [-0.2, 0) is 0 Å². The van der Waals surface area contributed by atoms with Gasteiger partial charge in [0.15, 0.2) is 0 Å². The molecule has 1 aliphatic carbocycles. The molecule has 0 aromatic rings. The first-order valence-corrected chi connectivity index (χ1v) is 5.28. The summed E-state index contributed by atoms with van der Waals surface area (Å²) in [5.74, 6) is 0.267. The molecule has 14 heavy (non-hydrogen) atoms. The summed E-state index contributed by atoms with van der Waals surface area (Å²) in [6.45, 7) is 0. The van der Waals surface area contributed by atoms with E-state index in [1.807, 2.05) is 0 Å². The van der Waals surface area contributed by atoms with Crippen molar-refractivity contribution in [1.29, 1.82) is 0 Å². The minimum absolute atomic E-state index is 0.250. The molecule has 0 amide bonds. The second-order valence-electron chi connectivity index (χ2n) is 4.12. The van der Waals surface area contributed by atoms with E-state index in [0.717, 1.165) is 25.7 Å². The molecule has 4 heteroatoms. The summed E-state index contributed by atoms with van der Waals surface area (Å²) in [6, 6.07) is -1.31. The van der Waals surface area contributed by atoms with Crippen LogP contribution in [0.5, 0.6) is 0 Å². The molecule has 1 nitrogen and oxygen atoms in total. The lowest BCUT2D eigenvalue weighted by molar-refractivity contribution is -0.158. The fraction of sp³-hybridized carbons (Fsp3) is 1.00. The Hall–Kier alpha value is -0.250. The molecule has 0 aromatic carbocycles. The van der Waals surface area contributed by atoms with Crippen LogP contribution in [0.3, 0.4) is 0 Å². The molecule has 0 saturated heterocycles. The van der Waals surface area contributed by atoms with Crippen LogP contribution in [0, 0.1) is 5.92 Å². The summed E-state index contributed by atoms with van der Waals surface area (Å²) in [7, 11) is 1.39. The van der Waals surface area contributed by atoms with Crippen molar-refractivity contribution in [2.24, 2.45) is 5.92 Å². The van der Waals surface area contributed by atoms with Crippen molar-refractivity contribution in [2.75, 3.05) is 7.05 Å². The average Bonchev–Trinajstić information content (AvgIpc) is 2.14. The van der Waals surface area contributed by atoms with Gasteiger partial charge in [0.05, 0.1) is 0 Å². The molecule has 1 aliphatic rings. The van der Waals surface area contributed by atoms with Crippen molar-refractivity contribution < 1.29 is 13.2 Å². The zero-order valence-corrected chi connectivity index (χ0v) is 8.53. The maximum Gasteiger partial charge on any atom is 0.403 e. The maximum absolute atomic E-state index is 12.4. The molecule has 0 heterocycles. The fourth-order valence-corrected chi connectivity index (χ4v) is 2.17. The maximum atomic E-state index is 12.4. The van der Waals surface area contributed by atoms with E-state index < -0.39 is 12.2 Å². The Kier molecular flexibility index (Phi) is 4.23. The lowest BCUT2D eigenvalue weighted by Crippen LogP contribution is -2.41. The highest BCUT2D eigenvalue weighted by atomic mass is 19.4. The van der Waals surface area contributed by atoms with E-state index in [2.05, 4.69) is 5.32 Å². The van der Waals surface area contributed by atoms with Gasteiger partial charge >= 0.3 is 6.18 Å². The smallest absolute Gasteiger partial charge is 0.309 e. The highest BCUT2D eigenvalue weighted by Crippen LogP contribution is 2.32. The van der Waals surface area contributed by atoms with E-state index >= 15 is 0 Å². The minimum atomic E-state index is -4.09. The van der Waals surface area contributed by atoms with Crippen LogP contribution in [-0.4, -0.2) is 19.3 Å². The standard InChI is InChI=1S/C10H18F3N/c1-14-9(10(11,12)13)7-8-5-3-2-4-6-8/h8-9,14H,2-7H2,1H3/t9-/m0/s1. The van der Waals surface area contributed by atoms with Crippen LogP contribution in [0.1, 0.15) is 38.5 Å². The molecular weight excluding hydrogens is 191 g/mol. The van der Waals surface area contributed by atoms with Gasteiger partial charge in [0.1, 0.15) is 6.04 Å². The Labute approximate surface area is 83.1 Å². The Morgan fingerprint density at radius 3 is 2.21 bits per heavy atom. The Balaban J connectivity index is 2.39. The monoisotopic (exact) mass is 209 g/mol. The van der Waals surface area contributed by atoms with Gasteiger partial charge in [-0.25, -0.2) is 0 Å². The lowest BCUT2D eigenvalue weighted by atomic mass is 9.85. The van der Waals surface area contributed by atoms with Crippen molar-refractivity contribution in [3.05, 3.63) is 0 Å². The summed E-state index contributed by atoms with van der Waals surface area (Å²) in [6.07, 6.45) is 1.47. The molecule has 84 valence electrons. The van der Waals surface area contributed by atoms with Gasteiger partial charge < -0.3 is 5.32 Å². The quantitative estimate of drug-likeness (QED) is 0.753. The number of alkyl halides is 3.